The van der Waals surface area contributed by atoms with Crippen LogP contribution >= 0.6 is 0 Å². The fourth-order valence-electron chi connectivity index (χ4n) is 10.8. The molecule has 17 heteroatoms. The highest BCUT2D eigenvalue weighted by Gasteiger charge is 2.43. The minimum atomic E-state index is -1.59. The van der Waals surface area contributed by atoms with Gasteiger partial charge in [0.05, 0.1) is 42.5 Å². The number of ether oxygens (including phenoxy) is 4. The van der Waals surface area contributed by atoms with E-state index in [0.29, 0.717) is 57.3 Å². The molecule has 2 aromatic heterocycles. The number of aliphatic hydroxyl groups is 1. The van der Waals surface area contributed by atoms with Crippen molar-refractivity contribution >= 4 is 39.3 Å². The number of aliphatic hydroxyl groups excluding tert-OH is 1. The predicted molar refractivity (Wildman–Crippen MR) is 264 cm³/mol. The fourth-order valence-corrected chi connectivity index (χ4v) is 10.8. The lowest BCUT2D eigenvalue weighted by atomic mass is 9.81. The number of hydrogen-bond donors (Lipinski definition) is 6. The number of amides is 3. The molecule has 2 aliphatic carbocycles. The van der Waals surface area contributed by atoms with Gasteiger partial charge in [0.2, 0.25) is 11.8 Å². The highest BCUT2D eigenvalue weighted by molar-refractivity contribution is 6.04. The maximum Gasteiger partial charge on any atom is 0.255 e. The Morgan fingerprint density at radius 2 is 1.18 bits per heavy atom. The summed E-state index contributed by atoms with van der Waals surface area (Å²) >= 11 is 0. The van der Waals surface area contributed by atoms with Gasteiger partial charge in [-0.25, -0.2) is 18.7 Å². The molecule has 1 unspecified atom stereocenters. The third kappa shape index (κ3) is 11.4. The van der Waals surface area contributed by atoms with E-state index in [0.717, 1.165) is 64.5 Å². The van der Waals surface area contributed by atoms with E-state index in [1.165, 1.54) is 14.2 Å². The van der Waals surface area contributed by atoms with Crippen LogP contribution in [0.25, 0.3) is 21.5 Å². The van der Waals surface area contributed by atoms with Crippen LogP contribution in [0.3, 0.4) is 0 Å². The normalized spacial score (nSPS) is 27.3. The number of carbonyl (C=O) groups is 3. The number of nitrogens with one attached hydrogen (secondary N) is 3. The van der Waals surface area contributed by atoms with E-state index in [1.54, 1.807) is 36.7 Å². The van der Waals surface area contributed by atoms with Crippen LogP contribution in [0.1, 0.15) is 110 Å². The van der Waals surface area contributed by atoms with Gasteiger partial charge in [-0.05, 0) is 113 Å². The van der Waals surface area contributed by atoms with Crippen LogP contribution in [0.15, 0.2) is 36.7 Å². The molecule has 4 fully saturated rings. The number of methoxy groups -OCH3 is 2. The largest absolute Gasteiger partial charge is 0.496 e. The number of fused-ring (bicyclic) bond motifs is 2. The lowest BCUT2D eigenvalue weighted by Gasteiger charge is -2.29. The lowest BCUT2D eigenvalue weighted by Crippen LogP contribution is -2.36. The number of hydrogen-bond acceptors (Lipinski definition) is 12. The summed E-state index contributed by atoms with van der Waals surface area (Å²) in [4.78, 5) is 46.0. The monoisotopic (exact) mass is 977 g/mol. The highest BCUT2D eigenvalue weighted by Crippen LogP contribution is 2.37. The highest BCUT2D eigenvalue weighted by atomic mass is 19.1. The molecule has 2 saturated carbocycles. The first kappa shape index (κ1) is 51.1. The molecule has 4 heterocycles. The van der Waals surface area contributed by atoms with Gasteiger partial charge >= 0.3 is 0 Å². The van der Waals surface area contributed by atoms with E-state index in [1.807, 2.05) is 13.8 Å². The van der Waals surface area contributed by atoms with E-state index >= 15 is 0 Å². The molecule has 3 amide bonds. The number of aromatic nitrogens is 2. The Morgan fingerprint density at radius 1 is 0.718 bits per heavy atom. The summed E-state index contributed by atoms with van der Waals surface area (Å²) in [5.74, 6) is 13.4. The second kappa shape index (κ2) is 22.9. The minimum absolute atomic E-state index is 0.0247. The quantitative estimate of drug-likeness (QED) is 0.0726. The summed E-state index contributed by atoms with van der Waals surface area (Å²) in [6.45, 7) is 5.73. The standard InChI is InChI=1S/C54H65F2N7O8/c1-5-35-43(62-51(66)47(35)55)27-70-53-39-21-45(68-3)41(49(57)64)19-37(39)33(25-60-53)17-15-29-7-11-31(12-8-29)23-59-24-32-13-9-30(10-14-32)16-18-34-26-61-54(71-28-44-36(6-2)48(56)52(67)63-44)40-22-46(69-4)42(50(58)65)20-38(34)40/h19-22,25-26,29-32,35-36,43-44,47-48,51,59,62,66H,5-14,23-24,27-28H2,1-4H3,(H2,57,64)(H2,58,65)(H,63,67)/t29-,30-,31-,32-,35-,36-,43+,44+,47-,48-,51?/m0/s1. The Bertz CT molecular complexity index is 2740. The molecular formula is C54H65F2N7O8. The van der Waals surface area contributed by atoms with E-state index in [-0.39, 0.29) is 59.4 Å². The van der Waals surface area contributed by atoms with Gasteiger partial charge in [-0.15, -0.1) is 0 Å². The zero-order chi connectivity index (χ0) is 50.3. The molecule has 4 aromatic rings. The Labute approximate surface area is 413 Å². The maximum atomic E-state index is 14.6. The van der Waals surface area contributed by atoms with Crippen LogP contribution in [0.5, 0.6) is 23.3 Å². The minimum Gasteiger partial charge on any atom is -0.496 e. The molecule has 0 bridgehead atoms. The van der Waals surface area contributed by atoms with Crippen molar-refractivity contribution in [2.45, 2.75) is 109 Å². The molecule has 2 aromatic carbocycles. The summed E-state index contributed by atoms with van der Waals surface area (Å²) in [7, 11) is 2.90. The number of primary amides is 2. The van der Waals surface area contributed by atoms with Crippen LogP contribution in [0.2, 0.25) is 0 Å². The third-order valence-electron chi connectivity index (χ3n) is 15.1. The summed E-state index contributed by atoms with van der Waals surface area (Å²) in [6, 6.07) is 5.71. The van der Waals surface area contributed by atoms with E-state index in [2.05, 4.69) is 49.6 Å². The van der Waals surface area contributed by atoms with Crippen LogP contribution in [-0.2, 0) is 4.79 Å². The fraction of sp³-hybridized carbons (Fsp3) is 0.537. The smallest absolute Gasteiger partial charge is 0.255 e. The Morgan fingerprint density at radius 3 is 1.62 bits per heavy atom. The molecule has 4 aliphatic rings. The second-order valence-corrected chi connectivity index (χ2v) is 19.5. The number of rotatable bonds is 16. The van der Waals surface area contributed by atoms with Gasteiger partial charge in [0.15, 0.2) is 6.17 Å². The van der Waals surface area contributed by atoms with Gasteiger partial charge < -0.3 is 46.2 Å². The van der Waals surface area contributed by atoms with E-state index < -0.39 is 60.2 Å². The van der Waals surface area contributed by atoms with Crippen molar-refractivity contribution in [3.8, 4) is 46.9 Å². The number of carbonyl (C=O) groups excluding carboxylic acids is 3. The number of benzene rings is 2. The molecule has 15 nitrogen and oxygen atoms in total. The number of nitrogens with two attached hydrogens (primary N) is 2. The maximum absolute atomic E-state index is 14.6. The first-order valence-corrected chi connectivity index (χ1v) is 24.9. The molecule has 71 heavy (non-hydrogen) atoms. The molecule has 8 N–H and O–H groups in total. The van der Waals surface area contributed by atoms with Gasteiger partial charge in [0, 0.05) is 63.7 Å². The summed E-state index contributed by atoms with van der Waals surface area (Å²) < 4.78 is 52.3. The first-order valence-electron chi connectivity index (χ1n) is 24.9. The Kier molecular flexibility index (Phi) is 16.5. The third-order valence-corrected chi connectivity index (χ3v) is 15.1. The summed E-state index contributed by atoms with van der Waals surface area (Å²) in [5, 5.41) is 21.8. The van der Waals surface area contributed by atoms with Crippen LogP contribution in [0, 0.1) is 59.2 Å². The molecular weight excluding hydrogens is 913 g/mol. The van der Waals surface area contributed by atoms with Crippen molar-refractivity contribution < 1.29 is 47.2 Å². The van der Waals surface area contributed by atoms with Crippen LogP contribution in [0.4, 0.5) is 8.78 Å². The van der Waals surface area contributed by atoms with E-state index in [9.17, 15) is 28.3 Å². The lowest BCUT2D eigenvalue weighted by molar-refractivity contribution is -0.124. The topological polar surface area (TPSA) is 222 Å². The number of halogens is 2. The molecule has 8 rings (SSSR count). The summed E-state index contributed by atoms with van der Waals surface area (Å²) in [5.41, 5.74) is 13.1. The molecule has 7 atom stereocenters. The number of pyridine rings is 2. The van der Waals surface area contributed by atoms with Gasteiger partial charge in [0.25, 0.3) is 17.7 Å². The molecule has 2 aliphatic heterocycles. The van der Waals surface area contributed by atoms with Crippen molar-refractivity contribution in [1.82, 2.24) is 25.9 Å². The van der Waals surface area contributed by atoms with Crippen LogP contribution in [-0.4, -0.2) is 104 Å². The van der Waals surface area contributed by atoms with Crippen LogP contribution < -0.4 is 46.4 Å². The molecule has 0 radical (unpaired) electrons. The number of nitrogens with zero attached hydrogens (tertiary/aromatic N) is 2. The Balaban J connectivity index is 0.835. The van der Waals surface area contributed by atoms with Gasteiger partial charge in [-0.2, -0.15) is 0 Å². The zero-order valence-corrected chi connectivity index (χ0v) is 40.8. The first-order chi connectivity index (χ1) is 34.3. The van der Waals surface area contributed by atoms with Crippen molar-refractivity contribution in [1.29, 1.82) is 0 Å². The van der Waals surface area contributed by atoms with Gasteiger partial charge in [0.1, 0.15) is 37.1 Å². The average molecular weight is 978 g/mol. The SMILES string of the molecule is CC[C@@H]1[C@H](F)C(=O)N[C@@H]1COc1ncc(C#C[C@H]2CC[C@H](CNC[C@H]3CC[C@H](C#Cc4cnc(OC[C@H]5NC(O)[C@@H](F)[C@H]5CC)c5cc(OC)c(C(N)=O)cc45)CC3)CC2)c2cc(C(N)=O)c(OC)cc12. The van der Waals surface area contributed by atoms with Crippen molar-refractivity contribution in [2.75, 3.05) is 40.5 Å². The Hall–Kier alpha value is -6.27. The molecule has 0 spiro atoms. The van der Waals surface area contributed by atoms with Crippen molar-refractivity contribution in [3.63, 3.8) is 0 Å². The average Bonchev–Trinajstić information content (AvgIpc) is 3.82. The molecule has 378 valence electrons. The van der Waals surface area contributed by atoms with Gasteiger partial charge in [-0.3, -0.25) is 19.7 Å². The molecule has 2 saturated heterocycles. The zero-order valence-electron chi connectivity index (χ0n) is 40.8. The van der Waals surface area contributed by atoms with Gasteiger partial charge in [-0.1, -0.05) is 37.5 Å². The van der Waals surface area contributed by atoms with Crippen molar-refractivity contribution in [3.05, 3.63) is 58.9 Å². The summed E-state index contributed by atoms with van der Waals surface area (Å²) in [6.07, 6.45) is 8.15. The second-order valence-electron chi connectivity index (χ2n) is 19.5. The predicted octanol–water partition coefficient (Wildman–Crippen LogP) is 5.88. The van der Waals surface area contributed by atoms with E-state index in [4.69, 9.17) is 30.4 Å². The van der Waals surface area contributed by atoms with Crippen molar-refractivity contribution in [2.24, 2.45) is 47.0 Å². The number of alkyl halides is 2.